The third-order valence-electron chi connectivity index (χ3n) is 5.07. The highest BCUT2D eigenvalue weighted by atomic mass is 32.2. The van der Waals surface area contributed by atoms with Gasteiger partial charge in [-0.25, -0.2) is 17.8 Å². The van der Waals surface area contributed by atoms with Crippen LogP contribution in [0.3, 0.4) is 0 Å². The number of thioether (sulfide) groups is 1. The van der Waals surface area contributed by atoms with E-state index in [4.69, 9.17) is 0 Å². The van der Waals surface area contributed by atoms with Crippen LogP contribution in [0, 0.1) is 5.82 Å². The second kappa shape index (κ2) is 9.23. The van der Waals surface area contributed by atoms with Crippen molar-refractivity contribution in [1.82, 2.24) is 14.9 Å². The fraction of sp³-hybridized carbons (Fsp3) is 0.273. The maximum Gasteiger partial charge on any atom is 0.230 e. The van der Waals surface area contributed by atoms with E-state index in [1.54, 1.807) is 18.3 Å². The van der Waals surface area contributed by atoms with E-state index in [-0.39, 0.29) is 35.0 Å². The second-order valence-electron chi connectivity index (χ2n) is 7.46. The summed E-state index contributed by atoms with van der Waals surface area (Å²) < 4.78 is 38.5. The molecule has 4 rings (SSSR count). The summed E-state index contributed by atoms with van der Waals surface area (Å²) in [4.78, 5) is 16.9. The summed E-state index contributed by atoms with van der Waals surface area (Å²) >= 11 is 1.29. The van der Waals surface area contributed by atoms with Crippen molar-refractivity contribution < 1.29 is 17.6 Å². The van der Waals surface area contributed by atoms with Crippen LogP contribution in [0.5, 0.6) is 0 Å². The number of hydrogen-bond acceptors (Lipinski definition) is 5. The fourth-order valence-corrected chi connectivity index (χ4v) is 6.01. The molecule has 1 amide bonds. The maximum absolute atomic E-state index is 13.4. The second-order valence-corrected chi connectivity index (χ2v) is 10.6. The van der Waals surface area contributed by atoms with Crippen LogP contribution >= 0.6 is 11.8 Å². The van der Waals surface area contributed by atoms with Crippen LogP contribution in [0.1, 0.15) is 12.0 Å². The molecule has 6 nitrogen and oxygen atoms in total. The molecule has 0 radical (unpaired) electrons. The summed E-state index contributed by atoms with van der Waals surface area (Å²) in [5, 5.41) is 3.47. The minimum Gasteiger partial charge on any atom is -0.352 e. The molecule has 0 saturated carbocycles. The highest BCUT2D eigenvalue weighted by molar-refractivity contribution is 7.99. The predicted molar refractivity (Wildman–Crippen MR) is 119 cm³/mol. The molecule has 162 valence electrons. The molecule has 2 heterocycles. The zero-order chi connectivity index (χ0) is 21.8. The van der Waals surface area contributed by atoms with E-state index in [9.17, 15) is 17.6 Å². The van der Waals surface area contributed by atoms with Crippen molar-refractivity contribution >= 4 is 27.5 Å². The van der Waals surface area contributed by atoms with E-state index < -0.39 is 9.84 Å². The molecule has 1 aliphatic rings. The fourth-order valence-electron chi connectivity index (χ4n) is 3.55. The first kappa shape index (κ1) is 21.6. The van der Waals surface area contributed by atoms with E-state index in [0.717, 1.165) is 16.8 Å². The summed E-state index contributed by atoms with van der Waals surface area (Å²) in [7, 11) is -3.04. The topological polar surface area (TPSA) is 81.1 Å². The smallest absolute Gasteiger partial charge is 0.230 e. The molecular weight excluding hydrogens is 437 g/mol. The Hall–Kier alpha value is -2.65. The van der Waals surface area contributed by atoms with Gasteiger partial charge in [-0.05, 0) is 41.8 Å². The van der Waals surface area contributed by atoms with E-state index in [1.165, 1.54) is 23.9 Å². The number of aromatic nitrogens is 2. The van der Waals surface area contributed by atoms with Crippen LogP contribution in [-0.4, -0.2) is 47.2 Å². The Balaban J connectivity index is 1.51. The van der Waals surface area contributed by atoms with Gasteiger partial charge < -0.3 is 9.88 Å². The molecule has 1 aliphatic heterocycles. The van der Waals surface area contributed by atoms with Crippen LogP contribution in [0.2, 0.25) is 0 Å². The van der Waals surface area contributed by atoms with Crippen molar-refractivity contribution in [2.24, 2.45) is 0 Å². The average Bonchev–Trinajstić information content (AvgIpc) is 3.30. The van der Waals surface area contributed by atoms with Gasteiger partial charge in [0.05, 0.1) is 35.7 Å². The van der Waals surface area contributed by atoms with Gasteiger partial charge in [-0.15, -0.1) is 0 Å². The Morgan fingerprint density at radius 1 is 1.16 bits per heavy atom. The summed E-state index contributed by atoms with van der Waals surface area (Å²) in [5.41, 5.74) is 2.73. The Morgan fingerprint density at radius 3 is 2.58 bits per heavy atom. The highest BCUT2D eigenvalue weighted by Gasteiger charge is 2.29. The number of carbonyl (C=O) groups excluding carboxylic acids is 1. The molecule has 1 saturated heterocycles. The molecule has 1 aromatic heterocycles. The molecule has 0 bridgehead atoms. The molecule has 0 aliphatic carbocycles. The highest BCUT2D eigenvalue weighted by Crippen LogP contribution is 2.27. The van der Waals surface area contributed by atoms with Gasteiger partial charge in [0.1, 0.15) is 5.82 Å². The Kier molecular flexibility index (Phi) is 6.43. The number of halogens is 1. The molecule has 1 atom stereocenters. The summed E-state index contributed by atoms with van der Waals surface area (Å²) in [6.07, 6.45) is 2.18. The number of carbonyl (C=O) groups is 1. The van der Waals surface area contributed by atoms with Crippen molar-refractivity contribution in [3.05, 3.63) is 72.2 Å². The molecular formula is C22H22FN3O3S2. The summed E-state index contributed by atoms with van der Waals surface area (Å²) in [5.74, 6) is -0.276. The lowest BCUT2D eigenvalue weighted by atomic mass is 10.1. The van der Waals surface area contributed by atoms with Crippen molar-refractivity contribution in [2.75, 3.05) is 17.3 Å². The van der Waals surface area contributed by atoms with Crippen LogP contribution in [0.4, 0.5) is 4.39 Å². The lowest BCUT2D eigenvalue weighted by Crippen LogP contribution is -2.36. The van der Waals surface area contributed by atoms with Gasteiger partial charge in [0.15, 0.2) is 15.0 Å². The van der Waals surface area contributed by atoms with Crippen LogP contribution in [-0.2, 0) is 21.2 Å². The number of hydrogen-bond donors (Lipinski definition) is 1. The molecule has 3 aromatic rings. The average molecular weight is 460 g/mol. The monoisotopic (exact) mass is 459 g/mol. The minimum atomic E-state index is -3.04. The quantitative estimate of drug-likeness (QED) is 0.549. The first-order valence-electron chi connectivity index (χ1n) is 9.87. The van der Waals surface area contributed by atoms with Crippen molar-refractivity contribution in [2.45, 2.75) is 24.2 Å². The molecule has 31 heavy (non-hydrogen) atoms. The van der Waals surface area contributed by atoms with E-state index in [0.29, 0.717) is 18.1 Å². The lowest BCUT2D eigenvalue weighted by Gasteiger charge is -2.13. The number of sulfone groups is 1. The van der Waals surface area contributed by atoms with E-state index in [2.05, 4.69) is 10.3 Å². The first-order chi connectivity index (χ1) is 14.9. The summed E-state index contributed by atoms with van der Waals surface area (Å²) in [6.45, 7) is 0.554. The van der Waals surface area contributed by atoms with Gasteiger partial charge >= 0.3 is 0 Å². The van der Waals surface area contributed by atoms with Crippen molar-refractivity contribution in [3.63, 3.8) is 0 Å². The molecule has 2 aromatic carbocycles. The maximum atomic E-state index is 13.4. The van der Waals surface area contributed by atoms with Crippen molar-refractivity contribution in [3.8, 4) is 11.3 Å². The van der Waals surface area contributed by atoms with Gasteiger partial charge in [0.2, 0.25) is 5.91 Å². The Morgan fingerprint density at radius 2 is 1.90 bits per heavy atom. The minimum absolute atomic E-state index is 0.000750. The predicted octanol–water partition coefficient (Wildman–Crippen LogP) is 3.13. The van der Waals surface area contributed by atoms with Gasteiger partial charge in [-0.3, -0.25) is 4.79 Å². The number of imidazole rings is 1. The van der Waals surface area contributed by atoms with Gasteiger partial charge in [-0.1, -0.05) is 42.1 Å². The zero-order valence-electron chi connectivity index (χ0n) is 16.7. The Labute approximate surface area is 184 Å². The van der Waals surface area contributed by atoms with Gasteiger partial charge in [0.25, 0.3) is 0 Å². The van der Waals surface area contributed by atoms with Gasteiger partial charge in [0, 0.05) is 6.04 Å². The molecule has 1 N–H and O–H groups in total. The van der Waals surface area contributed by atoms with E-state index >= 15 is 0 Å². The number of nitrogens with one attached hydrogen (secondary N) is 1. The van der Waals surface area contributed by atoms with E-state index in [1.807, 2.05) is 34.9 Å². The summed E-state index contributed by atoms with van der Waals surface area (Å²) in [6, 6.07) is 15.8. The number of amides is 1. The number of benzene rings is 2. The van der Waals surface area contributed by atoms with Crippen LogP contribution in [0.15, 0.2) is 66.0 Å². The third-order valence-corrected chi connectivity index (χ3v) is 7.83. The molecule has 9 heteroatoms. The standard InChI is InChI=1S/C22H22FN3O3S2/c23-18-8-6-17(7-9-18)20-12-24-22(26(20)13-16-4-2-1-3-5-16)30-14-21(27)25-19-10-11-31(28,29)15-19/h1-9,12,19H,10-11,13-15H2,(H,25,27)/t19-/m1/s1. The molecule has 0 spiro atoms. The SMILES string of the molecule is O=C(CSc1ncc(-c2ccc(F)cc2)n1Cc1ccccc1)N[C@@H]1CCS(=O)(=O)C1. The zero-order valence-corrected chi connectivity index (χ0v) is 18.3. The molecule has 0 unspecified atom stereocenters. The van der Waals surface area contributed by atoms with Gasteiger partial charge in [-0.2, -0.15) is 0 Å². The molecule has 1 fully saturated rings. The number of nitrogens with zero attached hydrogens (tertiary/aromatic N) is 2. The van der Waals surface area contributed by atoms with Crippen molar-refractivity contribution in [1.29, 1.82) is 0 Å². The third kappa shape index (κ3) is 5.54. The lowest BCUT2D eigenvalue weighted by molar-refractivity contribution is -0.119. The normalized spacial score (nSPS) is 17.5. The number of rotatable bonds is 7. The largest absolute Gasteiger partial charge is 0.352 e. The first-order valence-corrected chi connectivity index (χ1v) is 12.7. The van der Waals surface area contributed by atoms with Crippen LogP contribution < -0.4 is 5.32 Å². The van der Waals surface area contributed by atoms with Crippen LogP contribution in [0.25, 0.3) is 11.3 Å². The Bertz CT molecular complexity index is 1160.